The molecule has 4 rings (SSSR count). The molecule has 0 bridgehead atoms. The van der Waals surface area contributed by atoms with Gasteiger partial charge in [-0.05, 0) is 49.0 Å². The summed E-state index contributed by atoms with van der Waals surface area (Å²) in [5.41, 5.74) is 1.28. The molecule has 0 spiro atoms. The lowest BCUT2D eigenvalue weighted by molar-refractivity contribution is -0.192. The molecule has 3 aliphatic rings. The van der Waals surface area contributed by atoms with Gasteiger partial charge in [-0.3, -0.25) is 4.79 Å². The molecule has 1 heterocycles. The van der Waals surface area contributed by atoms with Gasteiger partial charge in [0.25, 0.3) is 5.91 Å². The van der Waals surface area contributed by atoms with E-state index in [0.29, 0.717) is 16.2 Å². The summed E-state index contributed by atoms with van der Waals surface area (Å²) in [6.45, 7) is 9.85. The van der Waals surface area contributed by atoms with E-state index in [1.807, 2.05) is 23.1 Å². The first kappa shape index (κ1) is 20.2. The minimum Gasteiger partial charge on any atom is -0.359 e. The number of alkyl halides is 1. The molecule has 3 fully saturated rings. The van der Waals surface area contributed by atoms with Crippen LogP contribution in [0.4, 0.5) is 0 Å². The van der Waals surface area contributed by atoms with Gasteiger partial charge in [-0.25, -0.2) is 0 Å². The van der Waals surface area contributed by atoms with Gasteiger partial charge in [0.05, 0.1) is 11.6 Å². The molecule has 1 aliphatic heterocycles. The maximum atomic E-state index is 12.9. The van der Waals surface area contributed by atoms with Crippen LogP contribution in [0.5, 0.6) is 0 Å². The Morgan fingerprint density at radius 3 is 2.61 bits per heavy atom. The number of likely N-dealkylation sites (tertiary alicyclic amines) is 1. The van der Waals surface area contributed by atoms with Crippen molar-refractivity contribution in [1.29, 1.82) is 0 Å². The molecule has 0 N–H and O–H groups in total. The van der Waals surface area contributed by atoms with E-state index in [-0.39, 0.29) is 23.7 Å². The maximum Gasteiger partial charge on any atom is 0.254 e. The van der Waals surface area contributed by atoms with Gasteiger partial charge in [-0.1, -0.05) is 79.2 Å². The summed E-state index contributed by atoms with van der Waals surface area (Å²) < 4.78 is 6.62. The molecule has 0 aromatic heterocycles. The normalized spacial score (nSPS) is 39.0. The van der Waals surface area contributed by atoms with E-state index in [9.17, 15) is 4.79 Å². The van der Waals surface area contributed by atoms with E-state index in [1.54, 1.807) is 0 Å². The number of carbonyl (C=O) groups is 1. The molecule has 0 radical (unpaired) electrons. The van der Waals surface area contributed by atoms with Crippen molar-refractivity contribution in [2.24, 2.45) is 17.3 Å². The van der Waals surface area contributed by atoms with Gasteiger partial charge in [-0.15, -0.1) is 0 Å². The molecule has 1 saturated heterocycles. The third-order valence-corrected chi connectivity index (χ3v) is 8.72. The van der Waals surface area contributed by atoms with Crippen molar-refractivity contribution < 1.29 is 9.53 Å². The summed E-state index contributed by atoms with van der Waals surface area (Å²) in [6, 6.07) is 10.3. The van der Waals surface area contributed by atoms with E-state index in [4.69, 9.17) is 4.74 Å². The number of nitrogens with zero attached hydrogens (tertiary/aromatic N) is 1. The third kappa shape index (κ3) is 3.37. The highest BCUT2D eigenvalue weighted by atomic mass is 79.9. The van der Waals surface area contributed by atoms with E-state index in [0.717, 1.165) is 37.3 Å². The molecule has 0 unspecified atom stereocenters. The Morgan fingerprint density at radius 2 is 1.93 bits per heavy atom. The summed E-state index contributed by atoms with van der Waals surface area (Å²) in [7, 11) is 0. The number of halogens is 1. The van der Waals surface area contributed by atoms with Crippen molar-refractivity contribution in [2.45, 2.75) is 69.5 Å². The van der Waals surface area contributed by atoms with E-state index in [2.05, 4.69) is 67.9 Å². The van der Waals surface area contributed by atoms with Gasteiger partial charge in [0, 0.05) is 11.4 Å². The number of β-lactam (4-membered cyclic amide) rings is 1. The molecule has 1 aromatic carbocycles. The molecule has 2 aliphatic carbocycles. The van der Waals surface area contributed by atoms with Crippen LogP contribution in [-0.2, 0) is 9.53 Å². The highest BCUT2D eigenvalue weighted by Crippen LogP contribution is 2.68. The molecule has 4 heteroatoms. The quantitative estimate of drug-likeness (QED) is 0.439. The zero-order valence-corrected chi connectivity index (χ0v) is 19.0. The third-order valence-electron chi connectivity index (χ3n) is 7.38. The van der Waals surface area contributed by atoms with Gasteiger partial charge in [0.15, 0.2) is 6.10 Å². The number of carbonyl (C=O) groups excluding carboxylic acids is 1. The Labute approximate surface area is 177 Å². The first-order valence-electron chi connectivity index (χ1n) is 10.6. The van der Waals surface area contributed by atoms with Crippen molar-refractivity contribution >= 4 is 27.9 Å². The molecule has 6 atom stereocenters. The smallest absolute Gasteiger partial charge is 0.254 e. The summed E-state index contributed by atoms with van der Waals surface area (Å²) in [5, 5.41) is 0. The minimum atomic E-state index is -0.366. The van der Waals surface area contributed by atoms with Gasteiger partial charge < -0.3 is 9.64 Å². The predicted octanol–water partition coefficient (Wildman–Crippen LogP) is 5.29. The van der Waals surface area contributed by atoms with Crippen LogP contribution in [-0.4, -0.2) is 39.9 Å². The Kier molecular flexibility index (Phi) is 5.24. The Bertz CT molecular complexity index is 761. The van der Waals surface area contributed by atoms with Crippen molar-refractivity contribution in [3.63, 3.8) is 0 Å². The lowest BCUT2D eigenvalue weighted by Crippen LogP contribution is -2.67. The van der Waals surface area contributed by atoms with Crippen LogP contribution >= 0.6 is 15.9 Å². The summed E-state index contributed by atoms with van der Waals surface area (Å²) in [6.07, 6.45) is 7.03. The number of amides is 1. The molecule has 3 nitrogen and oxygen atoms in total. The van der Waals surface area contributed by atoms with E-state index < -0.39 is 0 Å². The Hall–Kier alpha value is -1.13. The molecule has 28 heavy (non-hydrogen) atoms. The highest BCUT2D eigenvalue weighted by molar-refractivity contribution is 9.09. The standard InChI is InChI=1S/C24H32BrNO2/c1-5-13-26-19(12-11-16-9-7-6-8-10-16)21(22(26)27)28-24(4)15-18-17(14-20(24)25)23(18,2)3/h6-12,17-21H,5,13-15H2,1-4H3/b12-11-/t17-,18+,19+,20-,21-,24-/m1/s1. The monoisotopic (exact) mass is 445 g/mol. The fourth-order valence-corrected chi connectivity index (χ4v) is 6.01. The molecule has 1 amide bonds. The van der Waals surface area contributed by atoms with Gasteiger partial charge >= 0.3 is 0 Å². The lowest BCUT2D eigenvalue weighted by Gasteiger charge is -2.50. The second-order valence-electron chi connectivity index (χ2n) is 9.58. The number of ether oxygens (including phenoxy) is 1. The van der Waals surface area contributed by atoms with Crippen LogP contribution < -0.4 is 0 Å². The second-order valence-corrected chi connectivity index (χ2v) is 10.7. The fourth-order valence-electron chi connectivity index (χ4n) is 5.32. The van der Waals surface area contributed by atoms with Crippen molar-refractivity contribution in [2.75, 3.05) is 6.54 Å². The predicted molar refractivity (Wildman–Crippen MR) is 117 cm³/mol. The molecular weight excluding hydrogens is 414 g/mol. The second kappa shape index (κ2) is 7.28. The van der Waals surface area contributed by atoms with Gasteiger partial charge in [0.2, 0.25) is 0 Å². The SMILES string of the molecule is CCCN1C(=O)[C@H](O[C@]2(C)C[C@H]3[C@@H](C[C@H]2Br)C3(C)C)[C@@H]1/C=C\c1ccccc1. The van der Waals surface area contributed by atoms with Crippen molar-refractivity contribution in [3.05, 3.63) is 42.0 Å². The summed E-state index contributed by atoms with van der Waals surface area (Å²) in [5.74, 6) is 1.64. The molecule has 2 saturated carbocycles. The topological polar surface area (TPSA) is 29.5 Å². The first-order valence-corrected chi connectivity index (χ1v) is 11.5. The lowest BCUT2D eigenvalue weighted by atomic mass is 9.85. The van der Waals surface area contributed by atoms with E-state index in [1.165, 1.54) is 0 Å². The highest BCUT2D eigenvalue weighted by Gasteiger charge is 2.65. The number of fused-ring (bicyclic) bond motifs is 1. The van der Waals surface area contributed by atoms with Crippen LogP contribution in [0.3, 0.4) is 0 Å². The molecule has 152 valence electrons. The Morgan fingerprint density at radius 1 is 1.21 bits per heavy atom. The van der Waals surface area contributed by atoms with Crippen molar-refractivity contribution in [1.82, 2.24) is 4.90 Å². The number of benzene rings is 1. The van der Waals surface area contributed by atoms with Crippen molar-refractivity contribution in [3.8, 4) is 0 Å². The fraction of sp³-hybridized carbons (Fsp3) is 0.625. The van der Waals surface area contributed by atoms with Gasteiger partial charge in [-0.2, -0.15) is 0 Å². The van der Waals surface area contributed by atoms with Crippen LogP contribution in [0, 0.1) is 17.3 Å². The van der Waals surface area contributed by atoms with Gasteiger partial charge in [0.1, 0.15) is 0 Å². The number of rotatable bonds is 6. The molecule has 1 aromatic rings. The maximum absolute atomic E-state index is 12.9. The number of hydrogen-bond acceptors (Lipinski definition) is 2. The van der Waals surface area contributed by atoms with Crippen LogP contribution in [0.2, 0.25) is 0 Å². The zero-order valence-electron chi connectivity index (χ0n) is 17.4. The largest absolute Gasteiger partial charge is 0.359 e. The summed E-state index contributed by atoms with van der Waals surface area (Å²) >= 11 is 3.90. The number of hydrogen-bond donors (Lipinski definition) is 0. The van der Waals surface area contributed by atoms with E-state index >= 15 is 0 Å². The zero-order chi connectivity index (χ0) is 20.1. The average molecular weight is 446 g/mol. The Balaban J connectivity index is 1.50. The van der Waals surface area contributed by atoms with Crippen LogP contribution in [0.1, 0.15) is 52.5 Å². The molecular formula is C24H32BrNO2. The van der Waals surface area contributed by atoms with Crippen LogP contribution in [0.15, 0.2) is 36.4 Å². The summed E-state index contributed by atoms with van der Waals surface area (Å²) in [4.78, 5) is 15.1. The first-order chi connectivity index (χ1) is 13.3. The average Bonchev–Trinajstić information content (AvgIpc) is 3.19. The van der Waals surface area contributed by atoms with Crippen LogP contribution in [0.25, 0.3) is 6.08 Å². The minimum absolute atomic E-state index is 0.0223.